The number of rotatable bonds is 2. The van der Waals surface area contributed by atoms with E-state index in [1.54, 1.807) is 18.2 Å². The van der Waals surface area contributed by atoms with Crippen LogP contribution in [-0.4, -0.2) is 12.6 Å². The lowest BCUT2D eigenvalue weighted by molar-refractivity contribution is 0.112. The fraction of sp³-hybridized carbons (Fsp3) is 0. The van der Waals surface area contributed by atoms with Crippen LogP contribution in [0.2, 0.25) is 0 Å². The molecule has 1 aromatic rings. The summed E-state index contributed by atoms with van der Waals surface area (Å²) in [7, 11) is 0. The Morgan fingerprint density at radius 3 is 1.91 bits per heavy atom. The van der Waals surface area contributed by atoms with E-state index in [2.05, 4.69) is 0 Å². The average Bonchev–Trinajstić information content (AvgIpc) is 2.05. The number of anilines is 1. The second-order valence-electron chi connectivity index (χ2n) is 2.09. The fourth-order valence-electron chi connectivity index (χ4n) is 0.807. The molecule has 11 heavy (non-hydrogen) atoms. The zero-order valence-electron chi connectivity index (χ0n) is 5.78. The molecule has 0 bridgehead atoms. The van der Waals surface area contributed by atoms with E-state index in [0.29, 0.717) is 23.7 Å². The topological polar surface area (TPSA) is 60.2 Å². The summed E-state index contributed by atoms with van der Waals surface area (Å²) in [5, 5.41) is 0. The molecule has 3 heteroatoms. The number of hydrogen-bond donors (Lipinski definition) is 1. The van der Waals surface area contributed by atoms with Crippen LogP contribution >= 0.6 is 0 Å². The number of para-hydroxylation sites is 1. The van der Waals surface area contributed by atoms with Crippen molar-refractivity contribution in [3.63, 3.8) is 0 Å². The number of benzene rings is 1. The Balaban J connectivity index is 3.30. The van der Waals surface area contributed by atoms with Gasteiger partial charge in [0, 0.05) is 11.1 Å². The minimum Gasteiger partial charge on any atom is -0.398 e. The summed E-state index contributed by atoms with van der Waals surface area (Å²) >= 11 is 0. The molecule has 0 saturated carbocycles. The van der Waals surface area contributed by atoms with E-state index in [1.165, 1.54) is 0 Å². The third kappa shape index (κ3) is 1.26. The minimum atomic E-state index is 0.248. The lowest BCUT2D eigenvalue weighted by atomic mass is 10.1. The SMILES string of the molecule is Nc1c(C=O)cccc1C=O. The summed E-state index contributed by atoms with van der Waals surface area (Å²) in [4.78, 5) is 20.6. The Labute approximate surface area is 63.8 Å². The third-order valence-corrected chi connectivity index (χ3v) is 1.43. The van der Waals surface area contributed by atoms with Crippen LogP contribution in [0.25, 0.3) is 0 Å². The van der Waals surface area contributed by atoms with Gasteiger partial charge in [-0.3, -0.25) is 9.59 Å². The first-order valence-electron chi connectivity index (χ1n) is 3.08. The molecule has 0 radical (unpaired) electrons. The van der Waals surface area contributed by atoms with Crippen LogP contribution in [0.5, 0.6) is 0 Å². The standard InChI is InChI=1S/C8H7NO2/c9-8-6(4-10)2-1-3-7(8)5-11/h1-5H,9H2. The highest BCUT2D eigenvalue weighted by Crippen LogP contribution is 2.12. The molecule has 2 N–H and O–H groups in total. The van der Waals surface area contributed by atoms with Crippen molar-refractivity contribution < 1.29 is 9.59 Å². The van der Waals surface area contributed by atoms with Gasteiger partial charge in [-0.1, -0.05) is 6.07 Å². The molecule has 0 amide bonds. The maximum absolute atomic E-state index is 10.3. The molecule has 56 valence electrons. The van der Waals surface area contributed by atoms with E-state index < -0.39 is 0 Å². The minimum absolute atomic E-state index is 0.248. The molecule has 0 heterocycles. The molecule has 0 spiro atoms. The van der Waals surface area contributed by atoms with E-state index in [4.69, 9.17) is 5.73 Å². The molecule has 0 aromatic heterocycles. The van der Waals surface area contributed by atoms with Crippen molar-refractivity contribution >= 4 is 18.3 Å². The zero-order valence-corrected chi connectivity index (χ0v) is 5.78. The average molecular weight is 149 g/mol. The predicted molar refractivity (Wildman–Crippen MR) is 41.6 cm³/mol. The largest absolute Gasteiger partial charge is 0.398 e. The number of hydrogen-bond acceptors (Lipinski definition) is 3. The Bertz CT molecular complexity index is 268. The van der Waals surface area contributed by atoms with Gasteiger partial charge in [-0.05, 0) is 12.1 Å². The smallest absolute Gasteiger partial charge is 0.152 e. The Kier molecular flexibility index (Phi) is 2.01. The molecule has 0 atom stereocenters. The summed E-state index contributed by atoms with van der Waals surface area (Å²) in [6.07, 6.45) is 1.25. The van der Waals surface area contributed by atoms with Gasteiger partial charge in [-0.2, -0.15) is 0 Å². The van der Waals surface area contributed by atoms with E-state index in [0.717, 1.165) is 0 Å². The Morgan fingerprint density at radius 1 is 1.09 bits per heavy atom. The molecule has 0 saturated heterocycles. The van der Waals surface area contributed by atoms with Gasteiger partial charge < -0.3 is 5.73 Å². The van der Waals surface area contributed by atoms with Gasteiger partial charge in [0.1, 0.15) is 0 Å². The normalized spacial score (nSPS) is 9.09. The van der Waals surface area contributed by atoms with Gasteiger partial charge >= 0.3 is 0 Å². The van der Waals surface area contributed by atoms with Gasteiger partial charge in [0.05, 0.1) is 5.69 Å². The molecule has 1 rings (SSSR count). The Hall–Kier alpha value is -1.64. The number of nitrogens with two attached hydrogens (primary N) is 1. The first-order valence-corrected chi connectivity index (χ1v) is 3.08. The van der Waals surface area contributed by atoms with Gasteiger partial charge in [0.2, 0.25) is 0 Å². The molecule has 0 aliphatic carbocycles. The van der Waals surface area contributed by atoms with Crippen molar-refractivity contribution in [3.8, 4) is 0 Å². The second-order valence-corrected chi connectivity index (χ2v) is 2.09. The third-order valence-electron chi connectivity index (χ3n) is 1.43. The highest BCUT2D eigenvalue weighted by atomic mass is 16.1. The summed E-state index contributed by atoms with van der Waals surface area (Å²) in [5.74, 6) is 0. The van der Waals surface area contributed by atoms with Gasteiger partial charge in [0.25, 0.3) is 0 Å². The van der Waals surface area contributed by atoms with Crippen LogP contribution in [0.4, 0.5) is 5.69 Å². The molecule has 3 nitrogen and oxygen atoms in total. The lowest BCUT2D eigenvalue weighted by Crippen LogP contribution is -1.97. The molecule has 0 unspecified atom stereocenters. The van der Waals surface area contributed by atoms with Crippen LogP contribution in [0.1, 0.15) is 20.7 Å². The van der Waals surface area contributed by atoms with Crippen molar-refractivity contribution in [2.24, 2.45) is 0 Å². The summed E-state index contributed by atoms with van der Waals surface area (Å²) < 4.78 is 0. The molecule has 0 aliphatic heterocycles. The van der Waals surface area contributed by atoms with Crippen LogP contribution in [0.3, 0.4) is 0 Å². The highest BCUT2D eigenvalue weighted by Gasteiger charge is 2.00. The summed E-state index contributed by atoms with van der Waals surface area (Å²) in [5.41, 5.74) is 6.40. The molecular weight excluding hydrogens is 142 g/mol. The Morgan fingerprint density at radius 2 is 1.55 bits per heavy atom. The molecular formula is C8H7NO2. The van der Waals surface area contributed by atoms with E-state index in [-0.39, 0.29) is 5.69 Å². The van der Waals surface area contributed by atoms with Crippen molar-refractivity contribution in [2.45, 2.75) is 0 Å². The second kappa shape index (κ2) is 2.96. The van der Waals surface area contributed by atoms with Crippen molar-refractivity contribution in [3.05, 3.63) is 29.3 Å². The van der Waals surface area contributed by atoms with Crippen LogP contribution in [0.15, 0.2) is 18.2 Å². The predicted octanol–water partition coefficient (Wildman–Crippen LogP) is 0.894. The van der Waals surface area contributed by atoms with Gasteiger partial charge in [-0.25, -0.2) is 0 Å². The van der Waals surface area contributed by atoms with E-state index in [9.17, 15) is 9.59 Å². The number of aldehydes is 2. The first kappa shape index (κ1) is 7.47. The number of nitrogen functional groups attached to an aromatic ring is 1. The number of carbonyl (C=O) groups is 2. The fourth-order valence-corrected chi connectivity index (χ4v) is 0.807. The molecule has 0 fully saturated rings. The lowest BCUT2D eigenvalue weighted by Gasteiger charge is -1.99. The summed E-state index contributed by atoms with van der Waals surface area (Å²) in [6.45, 7) is 0. The maximum Gasteiger partial charge on any atom is 0.152 e. The van der Waals surface area contributed by atoms with E-state index in [1.807, 2.05) is 0 Å². The quantitative estimate of drug-likeness (QED) is 0.501. The van der Waals surface area contributed by atoms with Crippen molar-refractivity contribution in [2.75, 3.05) is 5.73 Å². The zero-order chi connectivity index (χ0) is 8.27. The summed E-state index contributed by atoms with van der Waals surface area (Å²) in [6, 6.07) is 4.74. The molecule has 0 aliphatic rings. The van der Waals surface area contributed by atoms with Crippen LogP contribution in [0, 0.1) is 0 Å². The van der Waals surface area contributed by atoms with E-state index >= 15 is 0 Å². The monoisotopic (exact) mass is 149 g/mol. The molecule has 1 aromatic carbocycles. The number of carbonyl (C=O) groups excluding carboxylic acids is 2. The highest BCUT2D eigenvalue weighted by molar-refractivity contribution is 5.92. The van der Waals surface area contributed by atoms with Crippen molar-refractivity contribution in [1.29, 1.82) is 0 Å². The van der Waals surface area contributed by atoms with Crippen LogP contribution in [-0.2, 0) is 0 Å². The van der Waals surface area contributed by atoms with Gasteiger partial charge in [-0.15, -0.1) is 0 Å². The van der Waals surface area contributed by atoms with Crippen molar-refractivity contribution in [1.82, 2.24) is 0 Å². The first-order chi connectivity index (χ1) is 5.29. The van der Waals surface area contributed by atoms with Gasteiger partial charge in [0.15, 0.2) is 12.6 Å². The maximum atomic E-state index is 10.3. The van der Waals surface area contributed by atoms with Crippen LogP contribution < -0.4 is 5.73 Å².